The van der Waals surface area contributed by atoms with Gasteiger partial charge in [-0.1, -0.05) is 11.6 Å². The molecular formula is C12H13ClO4. The first kappa shape index (κ1) is 13.7. The Morgan fingerprint density at radius 1 is 1.35 bits per heavy atom. The topological polar surface area (TPSA) is 63.6 Å². The van der Waals surface area contributed by atoms with Crippen molar-refractivity contribution in [2.45, 2.75) is 18.9 Å². The van der Waals surface area contributed by atoms with Crippen molar-refractivity contribution >= 4 is 23.4 Å². The summed E-state index contributed by atoms with van der Waals surface area (Å²) < 4.78 is 4.42. The minimum absolute atomic E-state index is 0.0109. The van der Waals surface area contributed by atoms with Gasteiger partial charge in [-0.25, -0.2) is 0 Å². The summed E-state index contributed by atoms with van der Waals surface area (Å²) in [7, 11) is 1.26. The molecule has 1 aromatic rings. The normalized spacial score (nSPS) is 11.9. The highest BCUT2D eigenvalue weighted by Gasteiger charge is 2.18. The molecule has 0 heterocycles. The van der Waals surface area contributed by atoms with Crippen LogP contribution < -0.4 is 0 Å². The Hall–Kier alpha value is -1.39. The molecule has 0 aliphatic carbocycles. The maximum absolute atomic E-state index is 11.7. The van der Waals surface area contributed by atoms with Gasteiger partial charge in [0.25, 0.3) is 0 Å². The van der Waals surface area contributed by atoms with Crippen molar-refractivity contribution in [1.29, 1.82) is 0 Å². The highest BCUT2D eigenvalue weighted by atomic mass is 35.5. The van der Waals surface area contributed by atoms with E-state index in [1.165, 1.54) is 19.2 Å². The van der Waals surface area contributed by atoms with Gasteiger partial charge in [0.2, 0.25) is 0 Å². The van der Waals surface area contributed by atoms with Gasteiger partial charge >= 0.3 is 5.97 Å². The van der Waals surface area contributed by atoms with Gasteiger partial charge in [-0.2, -0.15) is 0 Å². The molecule has 0 saturated heterocycles. The number of methoxy groups -OCH3 is 1. The number of rotatable bonds is 5. The number of aliphatic hydroxyl groups is 1. The molecule has 1 aromatic carbocycles. The Kier molecular flexibility index (Phi) is 5.12. The van der Waals surface area contributed by atoms with Crippen LogP contribution in [0, 0.1) is 0 Å². The Balaban J connectivity index is 2.57. The third-order valence-electron chi connectivity index (χ3n) is 2.28. The molecule has 92 valence electrons. The van der Waals surface area contributed by atoms with Gasteiger partial charge in [-0.05, 0) is 30.7 Å². The summed E-state index contributed by atoms with van der Waals surface area (Å²) in [6.45, 7) is 0. The molecule has 0 fully saturated rings. The summed E-state index contributed by atoms with van der Waals surface area (Å²) in [6.07, 6.45) is -1.14. The molecule has 4 nitrogen and oxygen atoms in total. The number of Topliss-reactive ketones (excluding diaryl/α,β-unsaturated/α-hetero) is 1. The van der Waals surface area contributed by atoms with Crippen LogP contribution in [0.3, 0.4) is 0 Å². The fourth-order valence-corrected chi connectivity index (χ4v) is 1.42. The number of hydrogen-bond acceptors (Lipinski definition) is 4. The van der Waals surface area contributed by atoms with Crippen LogP contribution >= 0.6 is 11.6 Å². The second-order valence-corrected chi connectivity index (χ2v) is 3.94. The maximum Gasteiger partial charge on any atom is 0.305 e. The predicted molar refractivity (Wildman–Crippen MR) is 63.0 cm³/mol. The number of carbonyl (C=O) groups is 2. The van der Waals surface area contributed by atoms with Crippen molar-refractivity contribution in [3.63, 3.8) is 0 Å². The molecule has 1 N–H and O–H groups in total. The lowest BCUT2D eigenvalue weighted by Crippen LogP contribution is -2.21. The van der Waals surface area contributed by atoms with E-state index >= 15 is 0 Å². The molecule has 1 rings (SSSR count). The second kappa shape index (κ2) is 6.37. The quantitative estimate of drug-likeness (QED) is 0.645. The van der Waals surface area contributed by atoms with Gasteiger partial charge in [0.1, 0.15) is 6.10 Å². The van der Waals surface area contributed by atoms with Gasteiger partial charge in [-0.3, -0.25) is 9.59 Å². The number of aliphatic hydroxyl groups excluding tert-OH is 1. The first-order valence-electron chi connectivity index (χ1n) is 5.09. The molecule has 0 aliphatic heterocycles. The first-order valence-corrected chi connectivity index (χ1v) is 5.47. The van der Waals surface area contributed by atoms with Crippen LogP contribution in [0.25, 0.3) is 0 Å². The van der Waals surface area contributed by atoms with E-state index in [4.69, 9.17) is 11.6 Å². The summed E-state index contributed by atoms with van der Waals surface area (Å²) in [4.78, 5) is 22.6. The van der Waals surface area contributed by atoms with Crippen LogP contribution in [0.2, 0.25) is 5.02 Å². The van der Waals surface area contributed by atoms with Crippen molar-refractivity contribution in [3.8, 4) is 0 Å². The van der Waals surface area contributed by atoms with E-state index in [-0.39, 0.29) is 12.8 Å². The number of halogens is 1. The summed E-state index contributed by atoms with van der Waals surface area (Å²) >= 11 is 5.68. The minimum atomic E-state index is -1.20. The Bertz CT molecular complexity index is 399. The average molecular weight is 257 g/mol. The number of hydrogen-bond donors (Lipinski definition) is 1. The molecular weight excluding hydrogens is 244 g/mol. The molecule has 0 radical (unpaired) electrons. The van der Waals surface area contributed by atoms with E-state index < -0.39 is 17.9 Å². The Morgan fingerprint density at radius 2 is 1.94 bits per heavy atom. The second-order valence-electron chi connectivity index (χ2n) is 3.50. The lowest BCUT2D eigenvalue weighted by Gasteiger charge is -2.08. The Labute approximate surface area is 104 Å². The van der Waals surface area contributed by atoms with Gasteiger partial charge < -0.3 is 9.84 Å². The fraction of sp³-hybridized carbons (Fsp3) is 0.333. The summed E-state index contributed by atoms with van der Waals surface area (Å²) in [5.41, 5.74) is 0.367. The van der Waals surface area contributed by atoms with Crippen LogP contribution in [0.15, 0.2) is 24.3 Å². The van der Waals surface area contributed by atoms with Crippen LogP contribution in [-0.2, 0) is 9.53 Å². The number of benzene rings is 1. The van der Waals surface area contributed by atoms with E-state index in [0.29, 0.717) is 10.6 Å². The van der Waals surface area contributed by atoms with Gasteiger partial charge in [0.05, 0.1) is 7.11 Å². The lowest BCUT2D eigenvalue weighted by molar-refractivity contribution is -0.141. The lowest BCUT2D eigenvalue weighted by atomic mass is 10.0. The van der Waals surface area contributed by atoms with Gasteiger partial charge in [0.15, 0.2) is 5.78 Å². The molecule has 0 amide bonds. The SMILES string of the molecule is COC(=O)CCC(O)C(=O)c1ccc(Cl)cc1. The summed E-state index contributed by atoms with van der Waals surface area (Å²) in [5, 5.41) is 10.1. The van der Waals surface area contributed by atoms with E-state index in [9.17, 15) is 14.7 Å². The molecule has 1 atom stereocenters. The predicted octanol–water partition coefficient (Wildman–Crippen LogP) is 1.84. The zero-order valence-electron chi connectivity index (χ0n) is 9.35. The molecule has 0 bridgehead atoms. The van der Waals surface area contributed by atoms with E-state index in [2.05, 4.69) is 4.74 Å². The Morgan fingerprint density at radius 3 is 2.47 bits per heavy atom. The highest BCUT2D eigenvalue weighted by molar-refractivity contribution is 6.30. The van der Waals surface area contributed by atoms with Crippen LogP contribution in [-0.4, -0.2) is 30.1 Å². The highest BCUT2D eigenvalue weighted by Crippen LogP contribution is 2.13. The minimum Gasteiger partial charge on any atom is -0.469 e. The van der Waals surface area contributed by atoms with E-state index in [1.54, 1.807) is 12.1 Å². The standard InChI is InChI=1S/C12H13ClO4/c1-17-11(15)7-6-10(14)12(16)8-2-4-9(13)5-3-8/h2-5,10,14H,6-7H2,1H3. The van der Waals surface area contributed by atoms with Crippen molar-refractivity contribution in [2.24, 2.45) is 0 Å². The van der Waals surface area contributed by atoms with Gasteiger partial charge in [0, 0.05) is 17.0 Å². The third-order valence-corrected chi connectivity index (χ3v) is 2.53. The molecule has 17 heavy (non-hydrogen) atoms. The van der Waals surface area contributed by atoms with Crippen LogP contribution in [0.4, 0.5) is 0 Å². The number of carbonyl (C=O) groups excluding carboxylic acids is 2. The summed E-state index contributed by atoms with van der Waals surface area (Å²) in [5.74, 6) is -0.876. The summed E-state index contributed by atoms with van der Waals surface area (Å²) in [6, 6.07) is 6.21. The first-order chi connectivity index (χ1) is 8.04. The van der Waals surface area contributed by atoms with E-state index in [1.807, 2.05) is 0 Å². The fourth-order valence-electron chi connectivity index (χ4n) is 1.29. The molecule has 0 aliphatic rings. The van der Waals surface area contributed by atoms with Crippen molar-refractivity contribution in [2.75, 3.05) is 7.11 Å². The molecule has 5 heteroatoms. The maximum atomic E-state index is 11.7. The number of ketones is 1. The molecule has 0 saturated carbocycles. The average Bonchev–Trinajstić information content (AvgIpc) is 2.35. The number of esters is 1. The molecule has 1 unspecified atom stereocenters. The number of ether oxygens (including phenoxy) is 1. The molecule has 0 spiro atoms. The van der Waals surface area contributed by atoms with Gasteiger partial charge in [-0.15, -0.1) is 0 Å². The largest absolute Gasteiger partial charge is 0.469 e. The zero-order valence-corrected chi connectivity index (χ0v) is 10.1. The van der Waals surface area contributed by atoms with Crippen LogP contribution in [0.1, 0.15) is 23.2 Å². The third kappa shape index (κ3) is 4.17. The van der Waals surface area contributed by atoms with Crippen molar-refractivity contribution in [3.05, 3.63) is 34.9 Å². The molecule has 0 aromatic heterocycles. The van der Waals surface area contributed by atoms with Crippen molar-refractivity contribution in [1.82, 2.24) is 0 Å². The monoisotopic (exact) mass is 256 g/mol. The van der Waals surface area contributed by atoms with Crippen molar-refractivity contribution < 1.29 is 19.4 Å². The zero-order chi connectivity index (χ0) is 12.8. The van der Waals surface area contributed by atoms with Crippen LogP contribution in [0.5, 0.6) is 0 Å². The smallest absolute Gasteiger partial charge is 0.305 e. The van der Waals surface area contributed by atoms with E-state index in [0.717, 1.165) is 0 Å².